The van der Waals surface area contributed by atoms with Gasteiger partial charge in [-0.3, -0.25) is 4.79 Å². The van der Waals surface area contributed by atoms with Crippen molar-refractivity contribution in [1.82, 2.24) is 0 Å². The molecule has 1 aromatic carbocycles. The molecule has 1 N–H and O–H groups in total. The summed E-state index contributed by atoms with van der Waals surface area (Å²) in [5.74, 6) is 0.181. The van der Waals surface area contributed by atoms with Gasteiger partial charge in [-0.1, -0.05) is 41.4 Å². The highest BCUT2D eigenvalue weighted by Gasteiger charge is 2.18. The van der Waals surface area contributed by atoms with Crippen LogP contribution in [0.3, 0.4) is 0 Å². The van der Waals surface area contributed by atoms with Gasteiger partial charge in [-0.15, -0.1) is 0 Å². The summed E-state index contributed by atoms with van der Waals surface area (Å²) < 4.78 is 0. The van der Waals surface area contributed by atoms with E-state index in [-0.39, 0.29) is 16.7 Å². The van der Waals surface area contributed by atoms with Crippen molar-refractivity contribution in [2.45, 2.75) is 18.7 Å². The van der Waals surface area contributed by atoms with Gasteiger partial charge in [-0.2, -0.15) is 0 Å². The standard InChI is InChI=1S/C13H18BrClN2O/c1-8(2)12(14)13(18)16-9-5-6-11(17(3)4)10(15)7-9/h5-8,12H,1-4H3,(H,16,18). The summed E-state index contributed by atoms with van der Waals surface area (Å²) in [5.41, 5.74) is 1.63. The van der Waals surface area contributed by atoms with Crippen LogP contribution >= 0.6 is 27.5 Å². The van der Waals surface area contributed by atoms with E-state index in [0.717, 1.165) is 5.69 Å². The molecule has 5 heteroatoms. The predicted octanol–water partition coefficient (Wildman–Crippen LogP) is 3.76. The second kappa shape index (κ2) is 6.43. The molecule has 0 aliphatic carbocycles. The average molecular weight is 334 g/mol. The fourth-order valence-corrected chi connectivity index (χ4v) is 1.93. The van der Waals surface area contributed by atoms with E-state index in [1.54, 1.807) is 6.07 Å². The van der Waals surface area contributed by atoms with Gasteiger partial charge in [-0.05, 0) is 24.1 Å². The Morgan fingerprint density at radius 3 is 2.44 bits per heavy atom. The Bertz CT molecular complexity index is 435. The van der Waals surface area contributed by atoms with Crippen LogP contribution in [0, 0.1) is 5.92 Å². The van der Waals surface area contributed by atoms with Crippen LogP contribution in [0.1, 0.15) is 13.8 Å². The number of nitrogens with one attached hydrogen (secondary N) is 1. The Morgan fingerprint density at radius 1 is 1.39 bits per heavy atom. The predicted molar refractivity (Wildman–Crippen MR) is 82.0 cm³/mol. The SMILES string of the molecule is CC(C)C(Br)C(=O)Nc1ccc(N(C)C)c(Cl)c1. The molecule has 1 rings (SSSR count). The van der Waals surface area contributed by atoms with Crippen LogP contribution in [0.4, 0.5) is 11.4 Å². The highest BCUT2D eigenvalue weighted by atomic mass is 79.9. The minimum atomic E-state index is -0.204. The molecule has 0 aliphatic heterocycles. The Labute approximate surface area is 122 Å². The zero-order chi connectivity index (χ0) is 13.9. The van der Waals surface area contributed by atoms with E-state index < -0.39 is 0 Å². The number of carbonyl (C=O) groups is 1. The number of halogens is 2. The quantitative estimate of drug-likeness (QED) is 0.851. The van der Waals surface area contributed by atoms with Gasteiger partial charge in [-0.25, -0.2) is 0 Å². The molecule has 0 saturated heterocycles. The van der Waals surface area contributed by atoms with Crippen molar-refractivity contribution in [2.75, 3.05) is 24.3 Å². The van der Waals surface area contributed by atoms with E-state index in [9.17, 15) is 4.79 Å². The molecule has 3 nitrogen and oxygen atoms in total. The van der Waals surface area contributed by atoms with Crippen LogP contribution in [0.15, 0.2) is 18.2 Å². The van der Waals surface area contributed by atoms with E-state index >= 15 is 0 Å². The van der Waals surface area contributed by atoms with Crippen LogP contribution in [0.5, 0.6) is 0 Å². The first kappa shape index (κ1) is 15.3. The van der Waals surface area contributed by atoms with Gasteiger partial charge in [0.15, 0.2) is 0 Å². The van der Waals surface area contributed by atoms with Gasteiger partial charge < -0.3 is 10.2 Å². The Balaban J connectivity index is 2.81. The van der Waals surface area contributed by atoms with Gasteiger partial charge >= 0.3 is 0 Å². The average Bonchev–Trinajstić information content (AvgIpc) is 2.27. The molecular formula is C13H18BrClN2O. The number of hydrogen-bond acceptors (Lipinski definition) is 2. The largest absolute Gasteiger partial charge is 0.376 e. The topological polar surface area (TPSA) is 32.3 Å². The third-order valence-corrected chi connectivity index (χ3v) is 4.31. The highest BCUT2D eigenvalue weighted by molar-refractivity contribution is 9.10. The van der Waals surface area contributed by atoms with E-state index in [1.807, 2.05) is 45.0 Å². The molecule has 1 unspecified atom stereocenters. The van der Waals surface area contributed by atoms with Crippen molar-refractivity contribution in [3.63, 3.8) is 0 Å². The third-order valence-electron chi connectivity index (χ3n) is 2.53. The number of anilines is 2. The fraction of sp³-hybridized carbons (Fsp3) is 0.462. The molecule has 0 spiro atoms. The molecule has 0 aliphatic rings. The number of benzene rings is 1. The molecule has 0 heterocycles. The molecule has 100 valence electrons. The summed E-state index contributed by atoms with van der Waals surface area (Å²) in [6.07, 6.45) is 0. The van der Waals surface area contributed by atoms with E-state index in [4.69, 9.17) is 11.6 Å². The Kier molecular flexibility index (Phi) is 5.47. The molecule has 0 fully saturated rings. The van der Waals surface area contributed by atoms with Crippen LogP contribution < -0.4 is 10.2 Å². The van der Waals surface area contributed by atoms with E-state index in [1.165, 1.54) is 0 Å². The molecular weight excluding hydrogens is 316 g/mol. The van der Waals surface area contributed by atoms with Crippen molar-refractivity contribution in [2.24, 2.45) is 5.92 Å². The summed E-state index contributed by atoms with van der Waals surface area (Å²) in [6, 6.07) is 5.49. The van der Waals surface area contributed by atoms with Gasteiger partial charge in [0.25, 0.3) is 0 Å². The van der Waals surface area contributed by atoms with Crippen molar-refractivity contribution >= 4 is 44.8 Å². The molecule has 0 bridgehead atoms. The first-order valence-electron chi connectivity index (χ1n) is 5.74. The van der Waals surface area contributed by atoms with Gasteiger partial charge in [0, 0.05) is 19.8 Å². The molecule has 0 aromatic heterocycles. The van der Waals surface area contributed by atoms with Gasteiger partial charge in [0.1, 0.15) is 0 Å². The van der Waals surface area contributed by atoms with E-state index in [2.05, 4.69) is 21.2 Å². The first-order chi connectivity index (χ1) is 8.32. The first-order valence-corrected chi connectivity index (χ1v) is 7.04. The Hall–Kier alpha value is -0.740. The molecule has 1 amide bonds. The number of hydrogen-bond donors (Lipinski definition) is 1. The summed E-state index contributed by atoms with van der Waals surface area (Å²) >= 11 is 9.51. The number of alkyl halides is 1. The lowest BCUT2D eigenvalue weighted by Gasteiger charge is -2.17. The maximum Gasteiger partial charge on any atom is 0.238 e. The van der Waals surface area contributed by atoms with Crippen LogP contribution in [-0.4, -0.2) is 24.8 Å². The zero-order valence-electron chi connectivity index (χ0n) is 11.0. The third kappa shape index (κ3) is 3.89. The lowest BCUT2D eigenvalue weighted by atomic mass is 10.1. The minimum Gasteiger partial charge on any atom is -0.376 e. The lowest BCUT2D eigenvalue weighted by Crippen LogP contribution is -2.27. The smallest absolute Gasteiger partial charge is 0.238 e. The summed E-state index contributed by atoms with van der Waals surface area (Å²) in [7, 11) is 3.85. The van der Waals surface area contributed by atoms with Crippen molar-refractivity contribution in [3.8, 4) is 0 Å². The van der Waals surface area contributed by atoms with Crippen molar-refractivity contribution < 1.29 is 4.79 Å². The second-order valence-corrected chi connectivity index (χ2v) is 6.09. The monoisotopic (exact) mass is 332 g/mol. The van der Waals surface area contributed by atoms with E-state index in [0.29, 0.717) is 10.7 Å². The molecule has 1 atom stereocenters. The Morgan fingerprint density at radius 2 is 2.00 bits per heavy atom. The van der Waals surface area contributed by atoms with Crippen LogP contribution in [0.2, 0.25) is 5.02 Å². The van der Waals surface area contributed by atoms with Crippen LogP contribution in [0.25, 0.3) is 0 Å². The van der Waals surface area contributed by atoms with Crippen molar-refractivity contribution in [3.05, 3.63) is 23.2 Å². The summed E-state index contributed by atoms with van der Waals surface area (Å²) in [6.45, 7) is 3.97. The number of carbonyl (C=O) groups excluding carboxylic acids is 1. The summed E-state index contributed by atoms with van der Waals surface area (Å²) in [4.78, 5) is 13.6. The molecule has 18 heavy (non-hydrogen) atoms. The minimum absolute atomic E-state index is 0.0568. The number of nitrogens with zero attached hydrogens (tertiary/aromatic N) is 1. The zero-order valence-corrected chi connectivity index (χ0v) is 13.3. The van der Waals surface area contributed by atoms with Gasteiger partial charge in [0.2, 0.25) is 5.91 Å². The summed E-state index contributed by atoms with van der Waals surface area (Å²) in [5, 5.41) is 3.46. The normalized spacial score (nSPS) is 12.4. The van der Waals surface area contributed by atoms with Crippen LogP contribution in [-0.2, 0) is 4.79 Å². The number of amides is 1. The molecule has 0 saturated carbocycles. The second-order valence-electron chi connectivity index (χ2n) is 4.70. The maximum absolute atomic E-state index is 11.9. The number of rotatable bonds is 4. The molecule has 0 radical (unpaired) electrons. The highest BCUT2D eigenvalue weighted by Crippen LogP contribution is 2.27. The van der Waals surface area contributed by atoms with Crippen molar-refractivity contribution in [1.29, 1.82) is 0 Å². The maximum atomic E-state index is 11.9. The lowest BCUT2D eigenvalue weighted by molar-refractivity contribution is -0.116. The van der Waals surface area contributed by atoms with Gasteiger partial charge in [0.05, 0.1) is 15.5 Å². The fourth-order valence-electron chi connectivity index (χ4n) is 1.46. The molecule has 1 aromatic rings.